The zero-order valence-electron chi connectivity index (χ0n) is 10.8. The van der Waals surface area contributed by atoms with Crippen LogP contribution in [-0.4, -0.2) is 33.1 Å². The smallest absolute Gasteiger partial charge is 0.416 e. The van der Waals surface area contributed by atoms with Gasteiger partial charge in [-0.3, -0.25) is 4.90 Å². The maximum absolute atomic E-state index is 11.8. The minimum absolute atomic E-state index is 0.456. The van der Waals surface area contributed by atoms with Crippen molar-refractivity contribution in [3.05, 3.63) is 29.8 Å². The summed E-state index contributed by atoms with van der Waals surface area (Å²) in [7, 11) is -3.73. The van der Waals surface area contributed by atoms with E-state index in [0.29, 0.717) is 11.3 Å². The number of carbonyl (C=O) groups excluding carboxylic acids is 1. The molecule has 2 rings (SSSR count). The van der Waals surface area contributed by atoms with Crippen LogP contribution in [0.5, 0.6) is 0 Å². The SMILES string of the molecule is CC1C(OS(C)(=O)=O)OC(=O)N1c1ccc(C#N)cc1. The van der Waals surface area contributed by atoms with Crippen molar-refractivity contribution >= 4 is 21.9 Å². The van der Waals surface area contributed by atoms with E-state index in [1.54, 1.807) is 31.2 Å². The van der Waals surface area contributed by atoms with Crippen molar-refractivity contribution in [1.29, 1.82) is 5.26 Å². The van der Waals surface area contributed by atoms with E-state index in [2.05, 4.69) is 0 Å². The monoisotopic (exact) mass is 296 g/mol. The van der Waals surface area contributed by atoms with Gasteiger partial charge in [-0.1, -0.05) is 0 Å². The van der Waals surface area contributed by atoms with Crippen LogP contribution in [0.1, 0.15) is 12.5 Å². The second-order valence-electron chi connectivity index (χ2n) is 4.32. The molecule has 8 heteroatoms. The van der Waals surface area contributed by atoms with Crippen LogP contribution >= 0.6 is 0 Å². The quantitative estimate of drug-likeness (QED) is 0.778. The number of ether oxygens (including phenoxy) is 1. The van der Waals surface area contributed by atoms with Crippen molar-refractivity contribution in [2.75, 3.05) is 11.2 Å². The van der Waals surface area contributed by atoms with Crippen LogP contribution in [0.2, 0.25) is 0 Å². The number of hydrogen-bond acceptors (Lipinski definition) is 6. The predicted octanol–water partition coefficient (Wildman–Crippen LogP) is 1.21. The molecule has 106 valence electrons. The topological polar surface area (TPSA) is 96.7 Å². The second-order valence-corrected chi connectivity index (χ2v) is 5.92. The van der Waals surface area contributed by atoms with Crippen molar-refractivity contribution in [3.8, 4) is 6.07 Å². The van der Waals surface area contributed by atoms with E-state index in [9.17, 15) is 13.2 Å². The van der Waals surface area contributed by atoms with Gasteiger partial charge >= 0.3 is 6.09 Å². The number of cyclic esters (lactones) is 1. The summed E-state index contributed by atoms with van der Waals surface area (Å²) in [6.07, 6.45) is -0.998. The highest BCUT2D eigenvalue weighted by Gasteiger charge is 2.42. The fourth-order valence-corrected chi connectivity index (χ4v) is 2.40. The molecule has 1 aromatic carbocycles. The second kappa shape index (κ2) is 5.11. The third-order valence-electron chi connectivity index (χ3n) is 2.76. The molecule has 0 bridgehead atoms. The van der Waals surface area contributed by atoms with E-state index in [1.165, 1.54) is 4.90 Å². The lowest BCUT2D eigenvalue weighted by molar-refractivity contribution is -0.00471. The minimum atomic E-state index is -3.73. The molecule has 0 aliphatic carbocycles. The molecule has 1 heterocycles. The number of nitriles is 1. The van der Waals surface area contributed by atoms with Crippen molar-refractivity contribution in [3.63, 3.8) is 0 Å². The summed E-state index contributed by atoms with van der Waals surface area (Å²) < 4.78 is 31.8. The molecule has 1 fully saturated rings. The molecule has 2 atom stereocenters. The molecule has 1 aromatic rings. The van der Waals surface area contributed by atoms with E-state index in [4.69, 9.17) is 14.2 Å². The fraction of sp³-hybridized carbons (Fsp3) is 0.333. The Labute approximate surface area is 116 Å². The summed E-state index contributed by atoms with van der Waals surface area (Å²) in [4.78, 5) is 13.1. The minimum Gasteiger partial charge on any atom is -0.416 e. The van der Waals surface area contributed by atoms with Gasteiger partial charge < -0.3 is 4.74 Å². The average molecular weight is 296 g/mol. The Kier molecular flexibility index (Phi) is 3.65. The largest absolute Gasteiger partial charge is 0.417 e. The van der Waals surface area contributed by atoms with Crippen LogP contribution < -0.4 is 4.90 Å². The molecule has 1 saturated heterocycles. The van der Waals surface area contributed by atoms with E-state index in [-0.39, 0.29) is 0 Å². The van der Waals surface area contributed by atoms with Crippen LogP contribution in [0.4, 0.5) is 10.5 Å². The number of amides is 1. The van der Waals surface area contributed by atoms with E-state index in [1.807, 2.05) is 6.07 Å². The standard InChI is InChI=1S/C12H12N2O5S/c1-8-11(19-20(2,16)17)18-12(15)14(8)10-5-3-9(7-13)4-6-10/h3-6,8,11H,1-2H3. The lowest BCUT2D eigenvalue weighted by Crippen LogP contribution is -2.35. The number of nitrogens with zero attached hydrogens (tertiary/aromatic N) is 2. The van der Waals surface area contributed by atoms with Gasteiger partial charge in [-0.25, -0.2) is 8.98 Å². The first-order valence-electron chi connectivity index (χ1n) is 5.70. The normalized spacial score (nSPS) is 22.4. The lowest BCUT2D eigenvalue weighted by atomic mass is 10.2. The third-order valence-corrected chi connectivity index (χ3v) is 3.30. The molecule has 1 aliphatic rings. The molecule has 7 nitrogen and oxygen atoms in total. The van der Waals surface area contributed by atoms with Crippen LogP contribution in [0.3, 0.4) is 0 Å². The first-order valence-corrected chi connectivity index (χ1v) is 7.52. The average Bonchev–Trinajstić information content (AvgIpc) is 2.63. The van der Waals surface area contributed by atoms with Gasteiger partial charge in [0.1, 0.15) is 6.04 Å². The Hall–Kier alpha value is -2.11. The summed E-state index contributed by atoms with van der Waals surface area (Å²) in [5.41, 5.74) is 0.957. The van der Waals surface area contributed by atoms with Gasteiger partial charge in [0.25, 0.3) is 10.1 Å². The summed E-state index contributed by atoms with van der Waals surface area (Å²) in [6.45, 7) is 1.61. The Morgan fingerprint density at radius 2 is 1.95 bits per heavy atom. The highest BCUT2D eigenvalue weighted by atomic mass is 32.2. The molecular formula is C12H12N2O5S. The molecule has 0 spiro atoms. The summed E-state index contributed by atoms with van der Waals surface area (Å²) in [5.74, 6) is 0. The first-order chi connectivity index (χ1) is 9.31. The zero-order chi connectivity index (χ0) is 14.9. The summed E-state index contributed by atoms with van der Waals surface area (Å²) in [6, 6.07) is 7.64. The zero-order valence-corrected chi connectivity index (χ0v) is 11.6. The lowest BCUT2D eigenvalue weighted by Gasteiger charge is -2.19. The Morgan fingerprint density at radius 1 is 1.35 bits per heavy atom. The van der Waals surface area contributed by atoms with Gasteiger partial charge in [0.2, 0.25) is 6.29 Å². The van der Waals surface area contributed by atoms with Crippen LogP contribution in [0.15, 0.2) is 24.3 Å². The Morgan fingerprint density at radius 3 is 2.45 bits per heavy atom. The maximum Gasteiger partial charge on any atom is 0.417 e. The highest BCUT2D eigenvalue weighted by Crippen LogP contribution is 2.28. The Balaban J connectivity index is 2.24. The van der Waals surface area contributed by atoms with Gasteiger partial charge in [-0.05, 0) is 31.2 Å². The maximum atomic E-state index is 11.8. The fourth-order valence-electron chi connectivity index (χ4n) is 1.85. The van der Waals surface area contributed by atoms with Gasteiger partial charge in [-0.15, -0.1) is 0 Å². The Bertz CT molecular complexity index is 662. The molecule has 2 unspecified atom stereocenters. The van der Waals surface area contributed by atoms with Crippen LogP contribution in [0, 0.1) is 11.3 Å². The molecule has 1 amide bonds. The number of rotatable bonds is 3. The van der Waals surface area contributed by atoms with Crippen molar-refractivity contribution < 1.29 is 22.1 Å². The van der Waals surface area contributed by atoms with Crippen molar-refractivity contribution in [1.82, 2.24) is 0 Å². The molecule has 1 aliphatic heterocycles. The van der Waals surface area contributed by atoms with Gasteiger partial charge in [0.15, 0.2) is 0 Å². The summed E-state index contributed by atoms with van der Waals surface area (Å²) in [5, 5.41) is 8.73. The first kappa shape index (κ1) is 14.3. The molecular weight excluding hydrogens is 284 g/mol. The third kappa shape index (κ3) is 2.89. The number of hydrogen-bond donors (Lipinski definition) is 0. The van der Waals surface area contributed by atoms with Crippen molar-refractivity contribution in [2.24, 2.45) is 0 Å². The molecule has 20 heavy (non-hydrogen) atoms. The van der Waals surface area contributed by atoms with E-state index >= 15 is 0 Å². The molecule has 0 N–H and O–H groups in total. The van der Waals surface area contributed by atoms with Crippen LogP contribution in [-0.2, 0) is 19.0 Å². The molecule has 0 radical (unpaired) electrons. The number of benzene rings is 1. The van der Waals surface area contributed by atoms with Crippen LogP contribution in [0.25, 0.3) is 0 Å². The number of carbonyl (C=O) groups is 1. The van der Waals surface area contributed by atoms with E-state index in [0.717, 1.165) is 6.26 Å². The van der Waals surface area contributed by atoms with Gasteiger partial charge in [0, 0.05) is 5.69 Å². The number of anilines is 1. The summed E-state index contributed by atoms with van der Waals surface area (Å²) >= 11 is 0. The highest BCUT2D eigenvalue weighted by molar-refractivity contribution is 7.86. The van der Waals surface area contributed by atoms with Gasteiger partial charge in [-0.2, -0.15) is 13.7 Å². The van der Waals surface area contributed by atoms with E-state index < -0.39 is 28.5 Å². The molecule has 0 aromatic heterocycles. The van der Waals surface area contributed by atoms with Crippen molar-refractivity contribution in [2.45, 2.75) is 19.3 Å². The predicted molar refractivity (Wildman–Crippen MR) is 69.3 cm³/mol. The molecule has 0 saturated carbocycles. The van der Waals surface area contributed by atoms with Gasteiger partial charge in [0.05, 0.1) is 17.9 Å².